The maximum atomic E-state index is 4.37. The van der Waals surface area contributed by atoms with Crippen LogP contribution in [0.4, 0.5) is 5.82 Å². The van der Waals surface area contributed by atoms with Crippen molar-refractivity contribution in [3.63, 3.8) is 0 Å². The third-order valence-corrected chi connectivity index (χ3v) is 2.30. The van der Waals surface area contributed by atoms with Crippen LogP contribution in [0.5, 0.6) is 0 Å². The minimum absolute atomic E-state index is 0.946. The average molecular weight is 175 g/mol. The summed E-state index contributed by atoms with van der Waals surface area (Å²) in [5.74, 6) is 0.946. The van der Waals surface area contributed by atoms with Gasteiger partial charge in [-0.2, -0.15) is 5.10 Å². The molecule has 1 heterocycles. The molecule has 2 aromatic rings. The first-order chi connectivity index (χ1) is 6.24. The predicted molar refractivity (Wildman–Crippen MR) is 55.0 cm³/mol. The minimum atomic E-state index is 0.946. The van der Waals surface area contributed by atoms with Crippen LogP contribution < -0.4 is 5.32 Å². The van der Waals surface area contributed by atoms with E-state index in [1.807, 2.05) is 18.8 Å². The Morgan fingerprint density at radius 2 is 2.15 bits per heavy atom. The highest BCUT2D eigenvalue weighted by Crippen LogP contribution is 2.23. The van der Waals surface area contributed by atoms with Crippen LogP contribution in [0.3, 0.4) is 0 Å². The molecule has 0 amide bonds. The molecule has 0 bridgehead atoms. The molecule has 0 fully saturated rings. The van der Waals surface area contributed by atoms with Gasteiger partial charge in [0.25, 0.3) is 0 Å². The van der Waals surface area contributed by atoms with E-state index >= 15 is 0 Å². The molecule has 0 saturated heterocycles. The highest BCUT2D eigenvalue weighted by molar-refractivity contribution is 5.92. The van der Waals surface area contributed by atoms with Gasteiger partial charge in [-0.3, -0.25) is 4.68 Å². The van der Waals surface area contributed by atoms with E-state index in [2.05, 4.69) is 35.5 Å². The molecule has 1 N–H and O–H groups in total. The first kappa shape index (κ1) is 8.10. The quantitative estimate of drug-likeness (QED) is 0.717. The van der Waals surface area contributed by atoms with Crippen molar-refractivity contribution < 1.29 is 0 Å². The molecular formula is C10H13N3. The van der Waals surface area contributed by atoms with Crippen LogP contribution >= 0.6 is 0 Å². The Balaban J connectivity index is 2.87. The van der Waals surface area contributed by atoms with E-state index in [4.69, 9.17) is 0 Å². The lowest BCUT2D eigenvalue weighted by Crippen LogP contribution is -1.93. The summed E-state index contributed by atoms with van der Waals surface area (Å²) in [7, 11) is 3.86. The Kier molecular flexibility index (Phi) is 1.72. The van der Waals surface area contributed by atoms with Crippen molar-refractivity contribution in [2.75, 3.05) is 12.4 Å². The van der Waals surface area contributed by atoms with Gasteiger partial charge in [-0.25, -0.2) is 0 Å². The second kappa shape index (κ2) is 2.76. The lowest BCUT2D eigenvalue weighted by Gasteiger charge is -1.97. The van der Waals surface area contributed by atoms with Crippen molar-refractivity contribution in [1.82, 2.24) is 9.78 Å². The van der Waals surface area contributed by atoms with Gasteiger partial charge in [0.2, 0.25) is 0 Å². The van der Waals surface area contributed by atoms with Crippen molar-refractivity contribution in [3.8, 4) is 0 Å². The van der Waals surface area contributed by atoms with Crippen molar-refractivity contribution in [1.29, 1.82) is 0 Å². The fourth-order valence-corrected chi connectivity index (χ4v) is 1.72. The molecule has 2 rings (SSSR count). The molecule has 3 heteroatoms. The molecule has 0 spiro atoms. The Bertz CT molecular complexity index is 443. The molecule has 0 unspecified atom stereocenters. The van der Waals surface area contributed by atoms with Gasteiger partial charge in [0.1, 0.15) is 0 Å². The zero-order valence-corrected chi connectivity index (χ0v) is 8.13. The van der Waals surface area contributed by atoms with E-state index in [0.29, 0.717) is 0 Å². The molecule has 0 aliphatic rings. The number of fused-ring (bicyclic) bond motifs is 1. The fraction of sp³-hybridized carbons (Fsp3) is 0.300. The van der Waals surface area contributed by atoms with E-state index in [1.165, 1.54) is 16.5 Å². The zero-order valence-electron chi connectivity index (χ0n) is 8.13. The summed E-state index contributed by atoms with van der Waals surface area (Å²) in [6.07, 6.45) is 0. The number of hydrogen-bond donors (Lipinski definition) is 1. The van der Waals surface area contributed by atoms with E-state index in [1.54, 1.807) is 0 Å². The molecule has 13 heavy (non-hydrogen) atoms. The smallest absolute Gasteiger partial charge is 0.155 e. The number of rotatable bonds is 1. The van der Waals surface area contributed by atoms with Crippen LogP contribution in [0.15, 0.2) is 18.2 Å². The van der Waals surface area contributed by atoms with Crippen LogP contribution in [0, 0.1) is 6.92 Å². The van der Waals surface area contributed by atoms with Crippen molar-refractivity contribution in [2.24, 2.45) is 7.05 Å². The molecule has 68 valence electrons. The SMILES string of the molecule is CNc1nn(C)c2c(C)cccc12. The maximum absolute atomic E-state index is 4.37. The molecule has 1 aromatic carbocycles. The Labute approximate surface area is 77.4 Å². The van der Waals surface area contributed by atoms with E-state index < -0.39 is 0 Å². The summed E-state index contributed by atoms with van der Waals surface area (Å²) in [5, 5.41) is 8.65. The normalized spacial score (nSPS) is 10.7. The van der Waals surface area contributed by atoms with Gasteiger partial charge in [-0.05, 0) is 18.6 Å². The minimum Gasteiger partial charge on any atom is -0.371 e. The Hall–Kier alpha value is -1.51. The second-order valence-corrected chi connectivity index (χ2v) is 3.19. The molecule has 0 radical (unpaired) electrons. The van der Waals surface area contributed by atoms with E-state index in [-0.39, 0.29) is 0 Å². The van der Waals surface area contributed by atoms with Gasteiger partial charge in [-0.15, -0.1) is 0 Å². The molecule has 0 aliphatic heterocycles. The highest BCUT2D eigenvalue weighted by Gasteiger charge is 2.07. The number of hydrogen-bond acceptors (Lipinski definition) is 2. The zero-order chi connectivity index (χ0) is 9.42. The molecule has 3 nitrogen and oxygen atoms in total. The fourth-order valence-electron chi connectivity index (χ4n) is 1.72. The monoisotopic (exact) mass is 175 g/mol. The number of anilines is 1. The number of para-hydroxylation sites is 1. The average Bonchev–Trinajstić information content (AvgIpc) is 2.44. The van der Waals surface area contributed by atoms with Gasteiger partial charge in [0.15, 0.2) is 5.82 Å². The first-order valence-electron chi connectivity index (χ1n) is 4.34. The summed E-state index contributed by atoms with van der Waals surface area (Å²) in [6.45, 7) is 2.10. The van der Waals surface area contributed by atoms with Gasteiger partial charge in [0.05, 0.1) is 5.52 Å². The molecule has 1 aromatic heterocycles. The van der Waals surface area contributed by atoms with Crippen LogP contribution in [0.25, 0.3) is 10.9 Å². The third kappa shape index (κ3) is 1.08. The molecule has 0 saturated carbocycles. The molecular weight excluding hydrogens is 162 g/mol. The van der Waals surface area contributed by atoms with Gasteiger partial charge < -0.3 is 5.32 Å². The van der Waals surface area contributed by atoms with Gasteiger partial charge >= 0.3 is 0 Å². The third-order valence-electron chi connectivity index (χ3n) is 2.30. The van der Waals surface area contributed by atoms with Crippen molar-refractivity contribution in [2.45, 2.75) is 6.92 Å². The standard InChI is InChI=1S/C10H13N3/c1-7-5-4-6-8-9(7)13(3)12-10(8)11-2/h4-6H,1-3H3,(H,11,12). The predicted octanol–water partition coefficient (Wildman–Crippen LogP) is 1.92. The van der Waals surface area contributed by atoms with Crippen molar-refractivity contribution in [3.05, 3.63) is 23.8 Å². The summed E-state index contributed by atoms with van der Waals surface area (Å²) < 4.78 is 1.91. The number of aromatic nitrogens is 2. The summed E-state index contributed by atoms with van der Waals surface area (Å²) in [4.78, 5) is 0. The molecule has 0 aliphatic carbocycles. The summed E-state index contributed by atoms with van der Waals surface area (Å²) in [5.41, 5.74) is 2.46. The van der Waals surface area contributed by atoms with E-state index in [0.717, 1.165) is 5.82 Å². The number of nitrogens with one attached hydrogen (secondary N) is 1. The lowest BCUT2D eigenvalue weighted by molar-refractivity contribution is 0.797. The van der Waals surface area contributed by atoms with Crippen LogP contribution in [-0.4, -0.2) is 16.8 Å². The van der Waals surface area contributed by atoms with E-state index in [9.17, 15) is 0 Å². The van der Waals surface area contributed by atoms with Crippen LogP contribution in [0.2, 0.25) is 0 Å². The van der Waals surface area contributed by atoms with Gasteiger partial charge in [0, 0.05) is 19.5 Å². The Morgan fingerprint density at radius 1 is 1.38 bits per heavy atom. The number of aryl methyl sites for hydroxylation is 2. The van der Waals surface area contributed by atoms with Gasteiger partial charge in [-0.1, -0.05) is 12.1 Å². The second-order valence-electron chi connectivity index (χ2n) is 3.19. The maximum Gasteiger partial charge on any atom is 0.155 e. The van der Waals surface area contributed by atoms with Crippen molar-refractivity contribution >= 4 is 16.7 Å². The largest absolute Gasteiger partial charge is 0.371 e. The highest BCUT2D eigenvalue weighted by atomic mass is 15.3. The lowest BCUT2D eigenvalue weighted by atomic mass is 10.1. The number of nitrogens with zero attached hydrogens (tertiary/aromatic N) is 2. The summed E-state index contributed by atoms with van der Waals surface area (Å²) >= 11 is 0. The van der Waals surface area contributed by atoms with Crippen LogP contribution in [0.1, 0.15) is 5.56 Å². The molecule has 0 atom stereocenters. The summed E-state index contributed by atoms with van der Waals surface area (Å²) in [6, 6.07) is 6.24. The Morgan fingerprint density at radius 3 is 2.85 bits per heavy atom. The first-order valence-corrected chi connectivity index (χ1v) is 4.34. The van der Waals surface area contributed by atoms with Crippen LogP contribution in [-0.2, 0) is 7.05 Å². The topological polar surface area (TPSA) is 29.9 Å². The number of benzene rings is 1.